The normalized spacial score (nSPS) is 15.8. The number of hydrogen-bond donors (Lipinski definition) is 2. The maximum absolute atomic E-state index is 15.2. The van der Waals surface area contributed by atoms with Crippen molar-refractivity contribution in [2.45, 2.75) is 38.9 Å². The number of benzene rings is 2. The highest BCUT2D eigenvalue weighted by Gasteiger charge is 2.29. The first-order valence-electron chi connectivity index (χ1n) is 9.40. The van der Waals surface area contributed by atoms with Crippen molar-refractivity contribution in [1.29, 1.82) is 0 Å². The third kappa shape index (κ3) is 2.48. The van der Waals surface area contributed by atoms with Crippen molar-refractivity contribution in [2.24, 2.45) is 0 Å². The van der Waals surface area contributed by atoms with Crippen LogP contribution in [0.1, 0.15) is 45.9 Å². The van der Waals surface area contributed by atoms with Crippen LogP contribution in [0.5, 0.6) is 0 Å². The van der Waals surface area contributed by atoms with Gasteiger partial charge >= 0.3 is 5.97 Å². The molecule has 0 unspecified atom stereocenters. The summed E-state index contributed by atoms with van der Waals surface area (Å²) in [6.07, 6.45) is 3.27. The maximum Gasteiger partial charge on any atom is 0.341 e. The van der Waals surface area contributed by atoms with Crippen LogP contribution in [-0.4, -0.2) is 15.6 Å². The average molecular weight is 378 g/mol. The Kier molecular flexibility index (Phi) is 3.67. The van der Waals surface area contributed by atoms with E-state index in [0.717, 1.165) is 37.1 Å². The molecule has 0 spiro atoms. The largest absolute Gasteiger partial charge is 0.477 e. The van der Waals surface area contributed by atoms with Gasteiger partial charge in [-0.25, -0.2) is 9.18 Å². The summed E-state index contributed by atoms with van der Waals surface area (Å²) in [6.45, 7) is 3.38. The van der Waals surface area contributed by atoms with Crippen LogP contribution in [0.3, 0.4) is 0 Å². The number of rotatable bonds is 3. The van der Waals surface area contributed by atoms with Crippen LogP contribution in [-0.2, 0) is 13.1 Å². The number of aromatic carboxylic acids is 1. The van der Waals surface area contributed by atoms with Crippen molar-refractivity contribution in [1.82, 2.24) is 9.88 Å². The second-order valence-corrected chi connectivity index (χ2v) is 7.66. The molecular weight excluding hydrogens is 359 g/mol. The molecule has 0 saturated heterocycles. The van der Waals surface area contributed by atoms with E-state index < -0.39 is 17.2 Å². The van der Waals surface area contributed by atoms with Gasteiger partial charge in [0.25, 0.3) is 0 Å². The smallest absolute Gasteiger partial charge is 0.341 e. The van der Waals surface area contributed by atoms with Crippen molar-refractivity contribution in [3.8, 4) is 11.1 Å². The van der Waals surface area contributed by atoms with Crippen molar-refractivity contribution < 1.29 is 14.3 Å². The van der Waals surface area contributed by atoms with E-state index in [0.29, 0.717) is 16.6 Å². The van der Waals surface area contributed by atoms with Gasteiger partial charge in [0.1, 0.15) is 11.4 Å². The Hall–Kier alpha value is -2.99. The molecule has 6 heteroatoms. The molecule has 5 rings (SSSR count). The van der Waals surface area contributed by atoms with Crippen LogP contribution in [0.15, 0.2) is 35.3 Å². The molecule has 1 fully saturated rings. The SMILES string of the molecule is Cc1c(-c2ccc3c(c2)CNC3)c(F)cc2c(=O)c(C(=O)O)cn(C3CC3)c12. The summed E-state index contributed by atoms with van der Waals surface area (Å²) in [7, 11) is 0. The lowest BCUT2D eigenvalue weighted by Crippen LogP contribution is -2.19. The van der Waals surface area contributed by atoms with Crippen LogP contribution < -0.4 is 10.7 Å². The Balaban J connectivity index is 1.83. The van der Waals surface area contributed by atoms with Crippen molar-refractivity contribution >= 4 is 16.9 Å². The summed E-state index contributed by atoms with van der Waals surface area (Å²) in [5.74, 6) is -1.78. The second kappa shape index (κ2) is 6.01. The third-order valence-electron chi connectivity index (χ3n) is 5.81. The highest BCUT2D eigenvalue weighted by Crippen LogP contribution is 2.40. The van der Waals surface area contributed by atoms with Crippen LogP contribution >= 0.6 is 0 Å². The standard InChI is InChI=1S/C22H19FN2O3/c1-11-19(12-2-3-13-8-24-9-14(13)6-12)18(23)7-16-20(11)25(15-4-5-15)10-17(21(16)26)22(27)28/h2-3,6-7,10,15,24H,4-5,8-9H2,1H3,(H,27,28). The highest BCUT2D eigenvalue weighted by molar-refractivity contribution is 5.96. The average Bonchev–Trinajstić information content (AvgIpc) is 3.39. The number of nitrogens with zero attached hydrogens (tertiary/aromatic N) is 1. The summed E-state index contributed by atoms with van der Waals surface area (Å²) >= 11 is 0. The van der Waals surface area contributed by atoms with Gasteiger partial charge in [-0.1, -0.05) is 12.1 Å². The molecule has 3 aromatic rings. The van der Waals surface area contributed by atoms with Crippen molar-refractivity contribution in [3.63, 3.8) is 0 Å². The minimum absolute atomic E-state index is 0.133. The van der Waals surface area contributed by atoms with E-state index >= 15 is 4.39 Å². The molecule has 2 N–H and O–H groups in total. The van der Waals surface area contributed by atoms with Gasteiger partial charge in [-0.05, 0) is 54.2 Å². The third-order valence-corrected chi connectivity index (χ3v) is 5.81. The number of carboxylic acid groups (broad SMARTS) is 1. The lowest BCUT2D eigenvalue weighted by molar-refractivity contribution is 0.0695. The topological polar surface area (TPSA) is 71.3 Å². The van der Waals surface area contributed by atoms with Crippen molar-refractivity contribution in [3.05, 3.63) is 68.8 Å². The molecule has 0 bridgehead atoms. The molecule has 142 valence electrons. The zero-order chi connectivity index (χ0) is 19.6. The van der Waals surface area contributed by atoms with Crippen LogP contribution in [0.25, 0.3) is 22.0 Å². The number of nitrogens with one attached hydrogen (secondary N) is 1. The van der Waals surface area contributed by atoms with Gasteiger partial charge in [-0.15, -0.1) is 0 Å². The number of fused-ring (bicyclic) bond motifs is 2. The summed E-state index contributed by atoms with van der Waals surface area (Å²) in [5, 5.41) is 12.8. The van der Waals surface area contributed by atoms with Gasteiger partial charge in [-0.2, -0.15) is 0 Å². The molecule has 2 heterocycles. The van der Waals surface area contributed by atoms with Gasteiger partial charge in [0, 0.05) is 36.3 Å². The fourth-order valence-corrected chi connectivity index (χ4v) is 4.28. The first-order valence-corrected chi connectivity index (χ1v) is 9.40. The fraction of sp³-hybridized carbons (Fsp3) is 0.273. The number of aryl methyl sites for hydroxylation is 1. The minimum atomic E-state index is -1.28. The molecule has 0 amide bonds. The van der Waals surface area contributed by atoms with E-state index in [2.05, 4.69) is 5.32 Å². The van der Waals surface area contributed by atoms with E-state index in [1.54, 1.807) is 0 Å². The fourth-order valence-electron chi connectivity index (χ4n) is 4.28. The zero-order valence-corrected chi connectivity index (χ0v) is 15.4. The molecule has 2 aromatic carbocycles. The van der Waals surface area contributed by atoms with E-state index in [1.807, 2.05) is 29.7 Å². The Labute approximate surface area is 160 Å². The highest BCUT2D eigenvalue weighted by atomic mass is 19.1. The summed E-state index contributed by atoms with van der Waals surface area (Å²) in [4.78, 5) is 24.2. The number of pyridine rings is 1. The molecule has 2 aliphatic rings. The second-order valence-electron chi connectivity index (χ2n) is 7.66. The number of aromatic nitrogens is 1. The maximum atomic E-state index is 15.2. The first kappa shape index (κ1) is 17.1. The molecule has 1 aliphatic heterocycles. The predicted octanol–water partition coefficient (Wildman–Crippen LogP) is 3.75. The molecule has 5 nitrogen and oxygen atoms in total. The van der Waals surface area contributed by atoms with E-state index in [9.17, 15) is 14.7 Å². The number of carbonyl (C=O) groups is 1. The Morgan fingerprint density at radius 2 is 1.96 bits per heavy atom. The molecule has 0 radical (unpaired) electrons. The van der Waals surface area contributed by atoms with Gasteiger partial charge in [0.2, 0.25) is 5.43 Å². The Bertz CT molecular complexity index is 1220. The molecule has 0 atom stereocenters. The van der Waals surface area contributed by atoms with Gasteiger partial charge in [-0.3, -0.25) is 4.79 Å². The molecule has 1 aliphatic carbocycles. The van der Waals surface area contributed by atoms with Gasteiger partial charge in [0.15, 0.2) is 0 Å². The van der Waals surface area contributed by atoms with Crippen molar-refractivity contribution in [2.75, 3.05) is 0 Å². The van der Waals surface area contributed by atoms with Crippen LogP contribution in [0.2, 0.25) is 0 Å². The van der Waals surface area contributed by atoms with E-state index in [1.165, 1.54) is 17.8 Å². The van der Waals surface area contributed by atoms with Crippen LogP contribution in [0, 0.1) is 12.7 Å². The van der Waals surface area contributed by atoms with E-state index in [4.69, 9.17) is 0 Å². The summed E-state index contributed by atoms with van der Waals surface area (Å²) < 4.78 is 17.0. The monoisotopic (exact) mass is 378 g/mol. The number of hydrogen-bond acceptors (Lipinski definition) is 3. The number of halogens is 1. The Morgan fingerprint density at radius 3 is 2.68 bits per heavy atom. The Morgan fingerprint density at radius 1 is 1.21 bits per heavy atom. The summed E-state index contributed by atoms with van der Waals surface area (Å²) in [5.41, 5.74) is 3.96. The van der Waals surface area contributed by atoms with Crippen LogP contribution in [0.4, 0.5) is 4.39 Å². The van der Waals surface area contributed by atoms with Gasteiger partial charge in [0.05, 0.1) is 5.52 Å². The molecule has 1 aromatic heterocycles. The molecule has 28 heavy (non-hydrogen) atoms. The molecule has 1 saturated carbocycles. The predicted molar refractivity (Wildman–Crippen MR) is 104 cm³/mol. The minimum Gasteiger partial charge on any atom is -0.477 e. The zero-order valence-electron chi connectivity index (χ0n) is 15.4. The number of carboxylic acids is 1. The lowest BCUT2D eigenvalue weighted by Gasteiger charge is -2.18. The first-order chi connectivity index (χ1) is 13.5. The lowest BCUT2D eigenvalue weighted by atomic mass is 9.94. The quantitative estimate of drug-likeness (QED) is 0.728. The van der Waals surface area contributed by atoms with E-state index in [-0.39, 0.29) is 17.0 Å². The van der Waals surface area contributed by atoms with Gasteiger partial charge < -0.3 is 15.0 Å². The summed E-state index contributed by atoms with van der Waals surface area (Å²) in [6, 6.07) is 7.28. The molecular formula is C22H19FN2O3.